The van der Waals surface area contributed by atoms with Crippen molar-refractivity contribution in [2.24, 2.45) is 0 Å². The molecule has 0 aliphatic carbocycles. The maximum absolute atomic E-state index is 13.3. The Morgan fingerprint density at radius 2 is 2.05 bits per heavy atom. The number of carbonyl (C=O) groups is 1. The summed E-state index contributed by atoms with van der Waals surface area (Å²) in [6.07, 6.45) is 0. The smallest absolute Gasteiger partial charge is 0.234 e. The Kier molecular flexibility index (Phi) is 5.51. The number of carbonyl (C=O) groups excluding carboxylic acids is 1. The van der Waals surface area contributed by atoms with Crippen molar-refractivity contribution in [2.45, 2.75) is 32.9 Å². The molecule has 0 saturated heterocycles. The van der Waals surface area contributed by atoms with Crippen LogP contribution in [-0.2, 0) is 11.3 Å². The highest BCUT2D eigenvalue weighted by Crippen LogP contribution is 2.20. The standard InChI is InChI=1S/C15H23FN2O2/c1-15(2,3)17-14(19)10-18(4)9-11-8-12(16)6-7-13(11)20-5/h6-8H,9-10H2,1-5H3,(H,17,19). The Morgan fingerprint density at radius 1 is 1.40 bits per heavy atom. The normalized spacial score (nSPS) is 11.6. The number of amides is 1. The second-order valence-electron chi connectivity index (χ2n) is 5.93. The Hall–Kier alpha value is -1.62. The third kappa shape index (κ3) is 5.57. The van der Waals surface area contributed by atoms with E-state index in [9.17, 15) is 9.18 Å². The maximum atomic E-state index is 13.3. The number of nitrogens with one attached hydrogen (secondary N) is 1. The van der Waals surface area contributed by atoms with E-state index in [1.807, 2.05) is 32.7 Å². The van der Waals surface area contributed by atoms with Crippen LogP contribution < -0.4 is 10.1 Å². The second-order valence-corrected chi connectivity index (χ2v) is 5.93. The average molecular weight is 282 g/mol. The summed E-state index contributed by atoms with van der Waals surface area (Å²) in [6.45, 7) is 6.48. The zero-order chi connectivity index (χ0) is 15.3. The molecule has 1 amide bonds. The molecule has 0 bridgehead atoms. The Bertz CT molecular complexity index is 469. The van der Waals surface area contributed by atoms with Crippen molar-refractivity contribution in [3.63, 3.8) is 0 Å². The molecule has 112 valence electrons. The highest BCUT2D eigenvalue weighted by atomic mass is 19.1. The van der Waals surface area contributed by atoms with E-state index in [0.717, 1.165) is 5.56 Å². The lowest BCUT2D eigenvalue weighted by Crippen LogP contribution is -2.45. The van der Waals surface area contributed by atoms with Crippen LogP contribution in [0.25, 0.3) is 0 Å². The molecule has 0 aliphatic heterocycles. The van der Waals surface area contributed by atoms with Crippen LogP contribution in [0.15, 0.2) is 18.2 Å². The third-order valence-corrected chi connectivity index (χ3v) is 2.61. The molecule has 0 saturated carbocycles. The van der Waals surface area contributed by atoms with Gasteiger partial charge in [-0.3, -0.25) is 9.69 Å². The van der Waals surface area contributed by atoms with Gasteiger partial charge in [-0.25, -0.2) is 4.39 Å². The molecular formula is C15H23FN2O2. The number of benzene rings is 1. The van der Waals surface area contributed by atoms with E-state index in [1.165, 1.54) is 12.1 Å². The summed E-state index contributed by atoms with van der Waals surface area (Å²) in [6, 6.07) is 4.37. The molecule has 1 rings (SSSR count). The van der Waals surface area contributed by atoms with Crippen LogP contribution in [0.3, 0.4) is 0 Å². The maximum Gasteiger partial charge on any atom is 0.234 e. The molecule has 0 atom stereocenters. The molecule has 0 aromatic heterocycles. The predicted molar refractivity (Wildman–Crippen MR) is 77.2 cm³/mol. The number of nitrogens with zero attached hydrogens (tertiary/aromatic N) is 1. The van der Waals surface area contributed by atoms with Crippen LogP contribution in [-0.4, -0.2) is 37.0 Å². The fourth-order valence-electron chi connectivity index (χ4n) is 1.92. The van der Waals surface area contributed by atoms with Crippen LogP contribution in [0.1, 0.15) is 26.3 Å². The first-order chi connectivity index (χ1) is 9.21. The summed E-state index contributed by atoms with van der Waals surface area (Å²) in [5, 5.41) is 2.89. The second kappa shape index (κ2) is 6.70. The van der Waals surface area contributed by atoms with Crippen LogP contribution >= 0.6 is 0 Å². The van der Waals surface area contributed by atoms with Gasteiger partial charge in [0.1, 0.15) is 11.6 Å². The number of ether oxygens (including phenoxy) is 1. The van der Waals surface area contributed by atoms with Gasteiger partial charge < -0.3 is 10.1 Å². The Balaban J connectivity index is 2.64. The molecule has 5 heteroatoms. The van der Waals surface area contributed by atoms with E-state index >= 15 is 0 Å². The zero-order valence-corrected chi connectivity index (χ0v) is 12.8. The van der Waals surface area contributed by atoms with E-state index in [0.29, 0.717) is 12.3 Å². The van der Waals surface area contributed by atoms with E-state index < -0.39 is 0 Å². The van der Waals surface area contributed by atoms with Gasteiger partial charge >= 0.3 is 0 Å². The van der Waals surface area contributed by atoms with Crippen molar-refractivity contribution in [3.8, 4) is 5.75 Å². The van der Waals surface area contributed by atoms with E-state index in [-0.39, 0.29) is 23.8 Å². The minimum absolute atomic E-state index is 0.0598. The van der Waals surface area contributed by atoms with Gasteiger partial charge in [-0.15, -0.1) is 0 Å². The van der Waals surface area contributed by atoms with Crippen LogP contribution in [0, 0.1) is 5.82 Å². The van der Waals surface area contributed by atoms with Gasteiger partial charge in [0, 0.05) is 17.6 Å². The highest BCUT2D eigenvalue weighted by Gasteiger charge is 2.16. The first-order valence-corrected chi connectivity index (χ1v) is 6.53. The van der Waals surface area contributed by atoms with E-state index in [4.69, 9.17) is 4.74 Å². The largest absolute Gasteiger partial charge is 0.496 e. The van der Waals surface area contributed by atoms with E-state index in [2.05, 4.69) is 5.32 Å². The molecular weight excluding hydrogens is 259 g/mol. The minimum atomic E-state index is -0.312. The molecule has 0 spiro atoms. The molecule has 1 N–H and O–H groups in total. The summed E-state index contributed by atoms with van der Waals surface area (Å²) >= 11 is 0. The van der Waals surface area contributed by atoms with Crippen LogP contribution in [0.5, 0.6) is 5.75 Å². The van der Waals surface area contributed by atoms with Crippen LogP contribution in [0.4, 0.5) is 4.39 Å². The summed E-state index contributed by atoms with van der Waals surface area (Å²) < 4.78 is 18.5. The van der Waals surface area contributed by atoms with E-state index in [1.54, 1.807) is 13.2 Å². The van der Waals surface area contributed by atoms with Gasteiger partial charge in [-0.1, -0.05) is 0 Å². The lowest BCUT2D eigenvalue weighted by atomic mass is 10.1. The third-order valence-electron chi connectivity index (χ3n) is 2.61. The van der Waals surface area contributed by atoms with Crippen molar-refractivity contribution in [2.75, 3.05) is 20.7 Å². The summed E-state index contributed by atoms with van der Waals surface area (Å²) in [5.74, 6) is 0.248. The number of rotatable bonds is 5. The number of hydrogen-bond acceptors (Lipinski definition) is 3. The van der Waals surface area contributed by atoms with Crippen molar-refractivity contribution in [3.05, 3.63) is 29.6 Å². The molecule has 20 heavy (non-hydrogen) atoms. The Labute approximate surface area is 119 Å². The van der Waals surface area contributed by atoms with Crippen molar-refractivity contribution < 1.29 is 13.9 Å². The first-order valence-electron chi connectivity index (χ1n) is 6.53. The topological polar surface area (TPSA) is 41.6 Å². The van der Waals surface area contributed by atoms with Crippen molar-refractivity contribution in [1.82, 2.24) is 10.2 Å². The number of likely N-dealkylation sites (N-methyl/N-ethyl adjacent to an activating group) is 1. The minimum Gasteiger partial charge on any atom is -0.496 e. The molecule has 0 unspecified atom stereocenters. The highest BCUT2D eigenvalue weighted by molar-refractivity contribution is 5.78. The predicted octanol–water partition coefficient (Wildman–Crippen LogP) is 2.18. The molecule has 1 aromatic rings. The number of hydrogen-bond donors (Lipinski definition) is 1. The van der Waals surface area contributed by atoms with Gasteiger partial charge in [0.2, 0.25) is 5.91 Å². The summed E-state index contributed by atoms with van der Waals surface area (Å²) in [5.41, 5.74) is 0.465. The lowest BCUT2D eigenvalue weighted by Gasteiger charge is -2.23. The summed E-state index contributed by atoms with van der Waals surface area (Å²) in [4.78, 5) is 13.6. The number of methoxy groups -OCH3 is 1. The fraction of sp³-hybridized carbons (Fsp3) is 0.533. The monoisotopic (exact) mass is 282 g/mol. The average Bonchev–Trinajstić information content (AvgIpc) is 2.26. The molecule has 1 aromatic carbocycles. The molecule has 0 heterocycles. The van der Waals surface area contributed by atoms with Gasteiger partial charge in [0.25, 0.3) is 0 Å². The molecule has 0 radical (unpaired) electrons. The molecule has 0 aliphatic rings. The SMILES string of the molecule is COc1ccc(F)cc1CN(C)CC(=O)NC(C)(C)C. The first kappa shape index (κ1) is 16.4. The molecule has 0 fully saturated rings. The quantitative estimate of drug-likeness (QED) is 0.900. The van der Waals surface area contributed by atoms with Crippen LogP contribution in [0.2, 0.25) is 0 Å². The lowest BCUT2D eigenvalue weighted by molar-refractivity contribution is -0.123. The number of halogens is 1. The Morgan fingerprint density at radius 3 is 2.60 bits per heavy atom. The fourth-order valence-corrected chi connectivity index (χ4v) is 1.92. The van der Waals surface area contributed by atoms with Gasteiger partial charge in [0.15, 0.2) is 0 Å². The van der Waals surface area contributed by atoms with Gasteiger partial charge in [-0.05, 0) is 46.0 Å². The van der Waals surface area contributed by atoms with Crippen molar-refractivity contribution in [1.29, 1.82) is 0 Å². The zero-order valence-electron chi connectivity index (χ0n) is 12.8. The van der Waals surface area contributed by atoms with Crippen molar-refractivity contribution >= 4 is 5.91 Å². The van der Waals surface area contributed by atoms with Gasteiger partial charge in [-0.2, -0.15) is 0 Å². The van der Waals surface area contributed by atoms with Gasteiger partial charge in [0.05, 0.1) is 13.7 Å². The summed E-state index contributed by atoms with van der Waals surface area (Å²) in [7, 11) is 3.36. The molecule has 4 nitrogen and oxygen atoms in total.